The molecule has 0 heterocycles. The van der Waals surface area contributed by atoms with Crippen molar-refractivity contribution in [3.05, 3.63) is 107 Å². The lowest BCUT2D eigenvalue weighted by atomic mass is 9.92. The minimum Gasteiger partial charge on any atom is -0.0788 e. The maximum Gasteiger partial charge on any atom is 0.0528 e. The molecule has 0 bridgehead atoms. The Balaban J connectivity index is 1.78. The minimum atomic E-state index is 0.926. The van der Waals surface area contributed by atoms with Crippen LogP contribution in [0.2, 0.25) is 0 Å². The van der Waals surface area contributed by atoms with Gasteiger partial charge in [-0.1, -0.05) is 97.1 Å². The molecule has 0 saturated carbocycles. The van der Waals surface area contributed by atoms with E-state index in [-0.39, 0.29) is 0 Å². The minimum absolute atomic E-state index is 0.926. The molecule has 0 aliphatic heterocycles. The van der Waals surface area contributed by atoms with Crippen LogP contribution < -0.4 is 0 Å². The molecule has 118 valence electrons. The van der Waals surface area contributed by atoms with E-state index in [1.807, 2.05) is 18.2 Å². The zero-order valence-electron chi connectivity index (χ0n) is 13.7. The maximum atomic E-state index is 5.87. The van der Waals surface area contributed by atoms with Gasteiger partial charge in [-0.15, -0.1) is 0 Å². The van der Waals surface area contributed by atoms with Crippen LogP contribution in [0.15, 0.2) is 84.9 Å². The van der Waals surface area contributed by atoms with E-state index in [1.54, 1.807) is 0 Å². The quantitative estimate of drug-likeness (QED) is 0.274. The Kier molecular flexibility index (Phi) is 3.29. The van der Waals surface area contributed by atoms with Crippen molar-refractivity contribution in [1.29, 1.82) is 0 Å². The standard InChI is InChI=1S/C24H16S/c25-24(17-7-2-1-3-8-17)21-12-6-10-16-13-14-20-19-11-5-4-9-18(19)15-22(20)23(16)21/h1-14H,15H2. The Morgan fingerprint density at radius 1 is 0.680 bits per heavy atom. The molecule has 0 unspecified atom stereocenters. The Morgan fingerprint density at radius 3 is 2.36 bits per heavy atom. The van der Waals surface area contributed by atoms with Crippen LogP contribution in [0.25, 0.3) is 21.9 Å². The Hall–Kier alpha value is -2.77. The first-order chi connectivity index (χ1) is 12.3. The van der Waals surface area contributed by atoms with E-state index in [0.29, 0.717) is 0 Å². The molecule has 0 atom stereocenters. The molecule has 5 rings (SSSR count). The van der Waals surface area contributed by atoms with Crippen LogP contribution in [0.5, 0.6) is 0 Å². The highest BCUT2D eigenvalue weighted by Crippen LogP contribution is 2.41. The van der Waals surface area contributed by atoms with Crippen LogP contribution in [0.1, 0.15) is 22.3 Å². The summed E-state index contributed by atoms with van der Waals surface area (Å²) in [7, 11) is 0. The van der Waals surface area contributed by atoms with Gasteiger partial charge in [0, 0.05) is 5.56 Å². The monoisotopic (exact) mass is 336 g/mol. The van der Waals surface area contributed by atoms with Crippen LogP contribution in [0, 0.1) is 0 Å². The molecule has 0 N–H and O–H groups in total. The summed E-state index contributed by atoms with van der Waals surface area (Å²) >= 11 is 5.87. The normalized spacial score (nSPS) is 12.0. The molecule has 25 heavy (non-hydrogen) atoms. The summed E-state index contributed by atoms with van der Waals surface area (Å²) in [5.41, 5.74) is 7.81. The molecular formula is C24H16S. The molecule has 0 spiro atoms. The van der Waals surface area contributed by atoms with Gasteiger partial charge >= 0.3 is 0 Å². The number of fused-ring (bicyclic) bond motifs is 5. The van der Waals surface area contributed by atoms with Crippen molar-refractivity contribution in [2.24, 2.45) is 0 Å². The molecule has 4 aromatic rings. The molecular weight excluding hydrogens is 320 g/mol. The Bertz CT molecular complexity index is 1120. The summed E-state index contributed by atoms with van der Waals surface area (Å²) < 4.78 is 0. The SMILES string of the molecule is S=C(c1ccccc1)c1cccc2ccc3c(c12)Cc1ccccc1-3. The van der Waals surface area contributed by atoms with Gasteiger partial charge in [0.2, 0.25) is 0 Å². The third-order valence-electron chi connectivity index (χ3n) is 5.11. The lowest BCUT2D eigenvalue weighted by Gasteiger charge is -2.13. The summed E-state index contributed by atoms with van der Waals surface area (Å²) in [6.07, 6.45) is 0.983. The van der Waals surface area contributed by atoms with Crippen molar-refractivity contribution >= 4 is 27.9 Å². The van der Waals surface area contributed by atoms with Gasteiger partial charge in [-0.25, -0.2) is 0 Å². The van der Waals surface area contributed by atoms with E-state index < -0.39 is 0 Å². The number of hydrogen-bond acceptors (Lipinski definition) is 1. The molecule has 0 fully saturated rings. The van der Waals surface area contributed by atoms with Gasteiger partial charge in [-0.05, 0) is 45.0 Å². The van der Waals surface area contributed by atoms with Crippen molar-refractivity contribution in [3.8, 4) is 11.1 Å². The van der Waals surface area contributed by atoms with Gasteiger partial charge in [0.05, 0.1) is 4.86 Å². The molecule has 0 radical (unpaired) electrons. The molecule has 1 aliphatic carbocycles. The molecule has 1 aliphatic rings. The van der Waals surface area contributed by atoms with E-state index in [4.69, 9.17) is 12.2 Å². The van der Waals surface area contributed by atoms with E-state index in [0.717, 1.165) is 16.8 Å². The van der Waals surface area contributed by atoms with Gasteiger partial charge in [0.1, 0.15) is 0 Å². The largest absolute Gasteiger partial charge is 0.0788 e. The third kappa shape index (κ3) is 2.24. The predicted molar refractivity (Wildman–Crippen MR) is 109 cm³/mol. The summed E-state index contributed by atoms with van der Waals surface area (Å²) in [5.74, 6) is 0. The van der Waals surface area contributed by atoms with E-state index in [1.165, 1.54) is 38.6 Å². The van der Waals surface area contributed by atoms with Crippen LogP contribution in [-0.2, 0) is 6.42 Å². The molecule has 0 amide bonds. The zero-order chi connectivity index (χ0) is 16.8. The third-order valence-corrected chi connectivity index (χ3v) is 5.56. The molecule has 0 saturated heterocycles. The fraction of sp³-hybridized carbons (Fsp3) is 0.0417. The smallest absolute Gasteiger partial charge is 0.0528 e. The average molecular weight is 336 g/mol. The number of thiocarbonyl (C=S) groups is 1. The lowest BCUT2D eigenvalue weighted by Crippen LogP contribution is -2.02. The second-order valence-corrected chi connectivity index (χ2v) is 6.93. The maximum absolute atomic E-state index is 5.87. The second-order valence-electron chi connectivity index (χ2n) is 6.52. The summed E-state index contributed by atoms with van der Waals surface area (Å²) in [5, 5.41) is 2.58. The Labute approximate surface area is 152 Å². The van der Waals surface area contributed by atoms with E-state index in [2.05, 4.69) is 66.7 Å². The fourth-order valence-electron chi connectivity index (χ4n) is 3.95. The molecule has 0 nitrogen and oxygen atoms in total. The first kappa shape index (κ1) is 14.6. The lowest BCUT2D eigenvalue weighted by molar-refractivity contribution is 1.28. The van der Waals surface area contributed by atoms with E-state index in [9.17, 15) is 0 Å². The number of benzene rings is 4. The summed E-state index contributed by atoms with van der Waals surface area (Å²) in [6, 6.07) is 30.0. The van der Waals surface area contributed by atoms with Crippen molar-refractivity contribution in [1.82, 2.24) is 0 Å². The first-order valence-electron chi connectivity index (χ1n) is 8.55. The van der Waals surface area contributed by atoms with Crippen LogP contribution >= 0.6 is 12.2 Å². The van der Waals surface area contributed by atoms with Crippen LogP contribution in [0.3, 0.4) is 0 Å². The molecule has 1 heteroatoms. The van der Waals surface area contributed by atoms with Gasteiger partial charge in [-0.2, -0.15) is 0 Å². The fourth-order valence-corrected chi connectivity index (χ4v) is 4.26. The molecule has 0 aromatic heterocycles. The topological polar surface area (TPSA) is 0 Å². The van der Waals surface area contributed by atoms with Gasteiger partial charge < -0.3 is 0 Å². The van der Waals surface area contributed by atoms with Crippen LogP contribution in [-0.4, -0.2) is 4.86 Å². The van der Waals surface area contributed by atoms with Crippen molar-refractivity contribution < 1.29 is 0 Å². The molecule has 4 aromatic carbocycles. The van der Waals surface area contributed by atoms with Crippen molar-refractivity contribution in [2.45, 2.75) is 6.42 Å². The second kappa shape index (κ2) is 5.65. The Morgan fingerprint density at radius 2 is 1.48 bits per heavy atom. The highest BCUT2D eigenvalue weighted by atomic mass is 32.1. The van der Waals surface area contributed by atoms with Gasteiger partial charge in [0.15, 0.2) is 0 Å². The zero-order valence-corrected chi connectivity index (χ0v) is 14.5. The van der Waals surface area contributed by atoms with Crippen molar-refractivity contribution in [2.75, 3.05) is 0 Å². The number of hydrogen-bond donors (Lipinski definition) is 0. The highest BCUT2D eigenvalue weighted by molar-refractivity contribution is 7.81. The average Bonchev–Trinajstić information content (AvgIpc) is 3.06. The van der Waals surface area contributed by atoms with Crippen molar-refractivity contribution in [3.63, 3.8) is 0 Å². The summed E-state index contributed by atoms with van der Waals surface area (Å²) in [4.78, 5) is 0.926. The van der Waals surface area contributed by atoms with Gasteiger partial charge in [-0.3, -0.25) is 0 Å². The predicted octanol–water partition coefficient (Wildman–Crippen LogP) is 6.18. The highest BCUT2D eigenvalue weighted by Gasteiger charge is 2.22. The van der Waals surface area contributed by atoms with Crippen LogP contribution in [0.4, 0.5) is 0 Å². The summed E-state index contributed by atoms with van der Waals surface area (Å²) in [6.45, 7) is 0. The van der Waals surface area contributed by atoms with Gasteiger partial charge in [0.25, 0.3) is 0 Å². The van der Waals surface area contributed by atoms with E-state index >= 15 is 0 Å². The number of rotatable bonds is 2. The first-order valence-corrected chi connectivity index (χ1v) is 8.96.